The van der Waals surface area contributed by atoms with Crippen molar-refractivity contribution in [3.05, 3.63) is 29.1 Å². The number of carbonyl (C=O) groups is 1. The van der Waals surface area contributed by atoms with Crippen LogP contribution in [-0.2, 0) is 0 Å². The Morgan fingerprint density at radius 3 is 1.93 bits per heavy atom. The summed E-state index contributed by atoms with van der Waals surface area (Å²) in [5.41, 5.74) is -1.21. The van der Waals surface area contributed by atoms with Crippen LogP contribution in [0.4, 0.5) is 17.6 Å². The zero-order valence-corrected chi connectivity index (χ0v) is 7.07. The zero-order chi connectivity index (χ0) is 10.9. The first-order valence-corrected chi connectivity index (χ1v) is 3.72. The van der Waals surface area contributed by atoms with E-state index in [-0.39, 0.29) is 6.42 Å². The molecule has 14 heavy (non-hydrogen) atoms. The summed E-state index contributed by atoms with van der Waals surface area (Å²) in [6.07, 6.45) is -0.253. The third kappa shape index (κ3) is 1.59. The summed E-state index contributed by atoms with van der Waals surface area (Å²) >= 11 is 0. The summed E-state index contributed by atoms with van der Waals surface area (Å²) in [4.78, 5) is 13.2. The average molecular weight is 207 g/mol. The smallest absolute Gasteiger partial charge is 0.252 e. The van der Waals surface area contributed by atoms with Crippen LogP contribution in [0.2, 0.25) is 0 Å². The summed E-state index contributed by atoms with van der Waals surface area (Å²) in [7, 11) is 0. The van der Waals surface area contributed by atoms with Crippen molar-refractivity contribution in [3.8, 4) is 0 Å². The second-order valence-corrected chi connectivity index (χ2v) is 2.47. The van der Waals surface area contributed by atoms with Gasteiger partial charge in [-0.05, 0) is 0 Å². The lowest BCUT2D eigenvalue weighted by Gasteiger charge is -2.02. The minimum Gasteiger partial charge on any atom is -0.294 e. The number of aromatic nitrogens is 1. The maximum Gasteiger partial charge on any atom is 0.252 e. The Kier molecular flexibility index (Phi) is 2.83. The van der Waals surface area contributed by atoms with Crippen molar-refractivity contribution in [3.63, 3.8) is 0 Å². The van der Waals surface area contributed by atoms with Gasteiger partial charge in [0.1, 0.15) is 0 Å². The third-order valence-electron chi connectivity index (χ3n) is 1.60. The monoisotopic (exact) mass is 207 g/mol. The lowest BCUT2D eigenvalue weighted by atomic mass is 10.1. The number of pyridine rings is 1. The highest BCUT2D eigenvalue weighted by Gasteiger charge is 2.24. The van der Waals surface area contributed by atoms with Gasteiger partial charge in [-0.25, -0.2) is 8.78 Å². The van der Waals surface area contributed by atoms with Gasteiger partial charge in [0.15, 0.2) is 17.4 Å². The van der Waals surface area contributed by atoms with E-state index in [1.807, 2.05) is 0 Å². The zero-order valence-electron chi connectivity index (χ0n) is 7.07. The number of hydrogen-bond donors (Lipinski definition) is 0. The SMILES string of the molecule is CCC(=O)c1c(F)c(F)nc(F)c1F. The maximum atomic E-state index is 12.8. The van der Waals surface area contributed by atoms with Crippen LogP contribution in [0.5, 0.6) is 0 Å². The highest BCUT2D eigenvalue weighted by Crippen LogP contribution is 2.17. The van der Waals surface area contributed by atoms with Crippen molar-refractivity contribution in [2.75, 3.05) is 0 Å². The Bertz CT molecular complexity index is 365. The number of rotatable bonds is 2. The molecule has 0 aliphatic heterocycles. The molecule has 0 aliphatic carbocycles. The van der Waals surface area contributed by atoms with Crippen molar-refractivity contribution in [1.29, 1.82) is 0 Å². The van der Waals surface area contributed by atoms with Gasteiger partial charge in [-0.15, -0.1) is 0 Å². The summed E-state index contributed by atoms with van der Waals surface area (Å²) in [5, 5.41) is 0. The van der Waals surface area contributed by atoms with E-state index >= 15 is 0 Å². The second kappa shape index (κ2) is 3.73. The van der Waals surface area contributed by atoms with Crippen LogP contribution in [-0.4, -0.2) is 10.8 Å². The molecular weight excluding hydrogens is 202 g/mol. The number of ketones is 1. The quantitative estimate of drug-likeness (QED) is 0.423. The molecule has 0 saturated carbocycles. The number of carbonyl (C=O) groups excluding carboxylic acids is 1. The molecule has 6 heteroatoms. The highest BCUT2D eigenvalue weighted by atomic mass is 19.2. The summed E-state index contributed by atoms with van der Waals surface area (Å²) in [5.74, 6) is -8.16. The van der Waals surface area contributed by atoms with E-state index in [9.17, 15) is 22.4 Å². The molecule has 1 aromatic heterocycles. The molecule has 0 aliphatic rings. The summed E-state index contributed by atoms with van der Waals surface area (Å²) < 4.78 is 50.6. The molecule has 0 N–H and O–H groups in total. The summed E-state index contributed by atoms with van der Waals surface area (Å²) in [6.45, 7) is 1.32. The number of halogens is 4. The highest BCUT2D eigenvalue weighted by molar-refractivity contribution is 5.96. The van der Waals surface area contributed by atoms with Gasteiger partial charge < -0.3 is 0 Å². The first-order chi connectivity index (χ1) is 6.49. The molecule has 1 rings (SSSR count). The molecule has 1 aromatic rings. The van der Waals surface area contributed by atoms with Crippen LogP contribution < -0.4 is 0 Å². The van der Waals surface area contributed by atoms with Crippen LogP contribution in [0.1, 0.15) is 23.7 Å². The average Bonchev–Trinajstić information content (AvgIpc) is 2.15. The predicted molar refractivity (Wildman–Crippen MR) is 38.7 cm³/mol. The molecule has 0 atom stereocenters. The fraction of sp³-hybridized carbons (Fsp3) is 0.250. The first kappa shape index (κ1) is 10.6. The molecule has 76 valence electrons. The molecule has 2 nitrogen and oxygen atoms in total. The largest absolute Gasteiger partial charge is 0.294 e. The second-order valence-electron chi connectivity index (χ2n) is 2.47. The Morgan fingerprint density at radius 1 is 1.14 bits per heavy atom. The molecule has 1 heterocycles. The van der Waals surface area contributed by atoms with Crippen molar-refractivity contribution < 1.29 is 22.4 Å². The Morgan fingerprint density at radius 2 is 1.57 bits per heavy atom. The standard InChI is InChI=1S/C8H5F4NO/c1-2-3(14)4-5(9)7(11)13-8(12)6(4)10/h2H2,1H3. The van der Waals surface area contributed by atoms with E-state index in [0.29, 0.717) is 0 Å². The van der Waals surface area contributed by atoms with E-state index in [2.05, 4.69) is 4.98 Å². The van der Waals surface area contributed by atoms with Crippen LogP contribution in [0, 0.1) is 23.5 Å². The van der Waals surface area contributed by atoms with Crippen LogP contribution in [0.25, 0.3) is 0 Å². The third-order valence-corrected chi connectivity index (χ3v) is 1.60. The molecule has 0 aromatic carbocycles. The molecule has 0 spiro atoms. The molecule has 0 unspecified atom stereocenters. The molecule has 0 saturated heterocycles. The Labute approximate surface area is 76.6 Å². The number of nitrogens with zero attached hydrogens (tertiary/aromatic N) is 1. The van der Waals surface area contributed by atoms with E-state index in [1.54, 1.807) is 0 Å². The van der Waals surface area contributed by atoms with Crippen LogP contribution in [0.15, 0.2) is 0 Å². The lowest BCUT2D eigenvalue weighted by molar-refractivity contribution is 0.0976. The minimum absolute atomic E-state index is 0.253. The normalized spacial score (nSPS) is 10.4. The molecule has 0 bridgehead atoms. The van der Waals surface area contributed by atoms with Crippen molar-refractivity contribution >= 4 is 5.78 Å². The summed E-state index contributed by atoms with van der Waals surface area (Å²) in [6, 6.07) is 0. The van der Waals surface area contributed by atoms with E-state index < -0.39 is 34.9 Å². The van der Waals surface area contributed by atoms with Crippen molar-refractivity contribution in [2.45, 2.75) is 13.3 Å². The van der Waals surface area contributed by atoms with Crippen LogP contribution >= 0.6 is 0 Å². The molecule has 0 amide bonds. The number of hydrogen-bond acceptors (Lipinski definition) is 2. The number of Topliss-reactive ketones (excluding diaryl/α,β-unsaturated/α-hetero) is 1. The fourth-order valence-electron chi connectivity index (χ4n) is 0.909. The van der Waals surface area contributed by atoms with Gasteiger partial charge in [0.05, 0.1) is 5.56 Å². The Balaban J connectivity index is 3.47. The van der Waals surface area contributed by atoms with Gasteiger partial charge >= 0.3 is 0 Å². The van der Waals surface area contributed by atoms with E-state index in [1.165, 1.54) is 6.92 Å². The topological polar surface area (TPSA) is 30.0 Å². The van der Waals surface area contributed by atoms with Gasteiger partial charge in [-0.2, -0.15) is 13.8 Å². The van der Waals surface area contributed by atoms with E-state index in [4.69, 9.17) is 0 Å². The first-order valence-electron chi connectivity index (χ1n) is 3.72. The predicted octanol–water partition coefficient (Wildman–Crippen LogP) is 2.23. The van der Waals surface area contributed by atoms with Gasteiger partial charge in [0.2, 0.25) is 0 Å². The van der Waals surface area contributed by atoms with Gasteiger partial charge in [-0.3, -0.25) is 4.79 Å². The van der Waals surface area contributed by atoms with Gasteiger partial charge in [0.25, 0.3) is 11.9 Å². The molecule has 0 fully saturated rings. The fourth-order valence-corrected chi connectivity index (χ4v) is 0.909. The van der Waals surface area contributed by atoms with Crippen molar-refractivity contribution in [2.24, 2.45) is 0 Å². The maximum absolute atomic E-state index is 12.8. The minimum atomic E-state index is -1.82. The van der Waals surface area contributed by atoms with Crippen LogP contribution in [0.3, 0.4) is 0 Å². The van der Waals surface area contributed by atoms with Gasteiger partial charge in [0, 0.05) is 6.42 Å². The molecule has 0 radical (unpaired) electrons. The molecular formula is C8H5F4NO. The van der Waals surface area contributed by atoms with Crippen molar-refractivity contribution in [1.82, 2.24) is 4.98 Å². The van der Waals surface area contributed by atoms with E-state index in [0.717, 1.165) is 0 Å². The van der Waals surface area contributed by atoms with Gasteiger partial charge in [-0.1, -0.05) is 6.92 Å². The Hall–Kier alpha value is -1.46. The lowest BCUT2D eigenvalue weighted by Crippen LogP contribution is -2.11.